The summed E-state index contributed by atoms with van der Waals surface area (Å²) < 4.78 is 40.2. The summed E-state index contributed by atoms with van der Waals surface area (Å²) in [5.41, 5.74) is 0.372. The molecule has 0 saturated carbocycles. The zero-order valence-electron chi connectivity index (χ0n) is 17.3. The van der Waals surface area contributed by atoms with Crippen molar-refractivity contribution in [1.82, 2.24) is 19.5 Å². The van der Waals surface area contributed by atoms with Gasteiger partial charge in [-0.3, -0.25) is 4.57 Å². The van der Waals surface area contributed by atoms with Crippen molar-refractivity contribution in [2.45, 2.75) is 13.1 Å². The minimum Gasteiger partial charge on any atom is -0.340 e. The molecule has 2 aromatic heterocycles. The van der Waals surface area contributed by atoms with E-state index in [9.17, 15) is 18.0 Å². The van der Waals surface area contributed by atoms with Crippen LogP contribution in [0.3, 0.4) is 0 Å². The highest BCUT2D eigenvalue weighted by atomic mass is 19.4. The topological polar surface area (TPSA) is 96.8 Å². The van der Waals surface area contributed by atoms with E-state index in [0.717, 1.165) is 12.1 Å². The fourth-order valence-electron chi connectivity index (χ4n) is 2.99. The minimum atomic E-state index is -4.49. The molecule has 2 amide bonds. The number of aryl methyl sites for hydroxylation is 1. The van der Waals surface area contributed by atoms with Crippen molar-refractivity contribution >= 4 is 28.9 Å². The first-order valence-corrected chi connectivity index (χ1v) is 9.73. The van der Waals surface area contributed by atoms with E-state index in [0.29, 0.717) is 28.8 Å². The van der Waals surface area contributed by atoms with Crippen LogP contribution in [-0.2, 0) is 6.18 Å². The Kier molecular flexibility index (Phi) is 5.94. The fraction of sp³-hybridized carbons (Fsp3) is 0.0909. The molecule has 0 atom stereocenters. The second-order valence-corrected chi connectivity index (χ2v) is 6.99. The second kappa shape index (κ2) is 8.99. The van der Waals surface area contributed by atoms with Crippen LogP contribution in [0.1, 0.15) is 11.4 Å². The second-order valence-electron chi connectivity index (χ2n) is 6.99. The number of benzene rings is 2. The minimum absolute atomic E-state index is 0.0356. The van der Waals surface area contributed by atoms with Gasteiger partial charge in [-0.15, -0.1) is 0 Å². The molecule has 4 rings (SSSR count). The predicted molar refractivity (Wildman–Crippen MR) is 118 cm³/mol. The Morgan fingerprint density at radius 2 is 1.67 bits per heavy atom. The molecule has 168 valence electrons. The number of anilines is 4. The number of imidazole rings is 1. The van der Waals surface area contributed by atoms with Crippen LogP contribution >= 0.6 is 0 Å². The Hall–Kier alpha value is -4.41. The fourth-order valence-corrected chi connectivity index (χ4v) is 2.99. The molecule has 0 aliphatic heterocycles. The quantitative estimate of drug-likeness (QED) is 0.377. The highest BCUT2D eigenvalue weighted by Gasteiger charge is 2.30. The standard InChI is InChI=1S/C22H18F3N7O/c1-14-27-19(12-20(28-14)32-10-9-26-13-32)29-16-5-7-17(8-6-16)30-21(33)31-18-4-2-3-15(11-18)22(23,24)25/h2-13H,1H3,(H,27,28,29)(H2,30,31,33). The molecule has 0 spiro atoms. The van der Waals surface area contributed by atoms with Gasteiger partial charge in [-0.05, 0) is 49.4 Å². The van der Waals surface area contributed by atoms with Gasteiger partial charge in [0.15, 0.2) is 0 Å². The average Bonchev–Trinajstić information content (AvgIpc) is 3.29. The lowest BCUT2D eigenvalue weighted by molar-refractivity contribution is -0.137. The maximum Gasteiger partial charge on any atom is 0.416 e. The Labute approximate surface area is 186 Å². The van der Waals surface area contributed by atoms with E-state index in [1.165, 1.54) is 12.1 Å². The zero-order valence-corrected chi connectivity index (χ0v) is 17.3. The van der Waals surface area contributed by atoms with Crippen LogP contribution < -0.4 is 16.0 Å². The van der Waals surface area contributed by atoms with Gasteiger partial charge in [-0.2, -0.15) is 13.2 Å². The van der Waals surface area contributed by atoms with Crippen molar-refractivity contribution in [2.24, 2.45) is 0 Å². The van der Waals surface area contributed by atoms with Gasteiger partial charge in [-0.1, -0.05) is 6.07 Å². The van der Waals surface area contributed by atoms with Crippen molar-refractivity contribution in [3.63, 3.8) is 0 Å². The first-order chi connectivity index (χ1) is 15.8. The molecule has 0 radical (unpaired) electrons. The molecule has 0 unspecified atom stereocenters. The summed E-state index contributed by atoms with van der Waals surface area (Å²) in [4.78, 5) is 24.9. The number of halogens is 3. The molecular formula is C22H18F3N7O. The summed E-state index contributed by atoms with van der Waals surface area (Å²) in [7, 11) is 0. The molecule has 33 heavy (non-hydrogen) atoms. The molecule has 0 saturated heterocycles. The first-order valence-electron chi connectivity index (χ1n) is 9.73. The highest BCUT2D eigenvalue weighted by molar-refractivity contribution is 5.99. The lowest BCUT2D eigenvalue weighted by Gasteiger charge is -2.12. The van der Waals surface area contributed by atoms with Crippen LogP contribution in [0.4, 0.5) is 40.8 Å². The lowest BCUT2D eigenvalue weighted by Crippen LogP contribution is -2.19. The number of nitrogens with one attached hydrogen (secondary N) is 3. The van der Waals surface area contributed by atoms with Gasteiger partial charge in [0.2, 0.25) is 0 Å². The molecule has 4 aromatic rings. The summed E-state index contributed by atoms with van der Waals surface area (Å²) in [6.45, 7) is 1.78. The number of hydrogen-bond acceptors (Lipinski definition) is 5. The number of carbonyl (C=O) groups excluding carboxylic acids is 1. The van der Waals surface area contributed by atoms with Gasteiger partial charge in [-0.25, -0.2) is 19.7 Å². The van der Waals surface area contributed by atoms with Gasteiger partial charge in [0.1, 0.15) is 23.8 Å². The summed E-state index contributed by atoms with van der Waals surface area (Å²) in [5.74, 6) is 1.81. The van der Waals surface area contributed by atoms with Crippen LogP contribution in [0.2, 0.25) is 0 Å². The number of aromatic nitrogens is 4. The molecular weight excluding hydrogens is 435 g/mol. The molecule has 0 bridgehead atoms. The Balaban J connectivity index is 1.39. The van der Waals surface area contributed by atoms with E-state index < -0.39 is 17.8 Å². The average molecular weight is 453 g/mol. The summed E-state index contributed by atoms with van der Waals surface area (Å²) >= 11 is 0. The number of carbonyl (C=O) groups is 1. The lowest BCUT2D eigenvalue weighted by atomic mass is 10.2. The van der Waals surface area contributed by atoms with E-state index in [1.54, 1.807) is 60.5 Å². The van der Waals surface area contributed by atoms with E-state index in [2.05, 4.69) is 30.9 Å². The van der Waals surface area contributed by atoms with Gasteiger partial charge >= 0.3 is 12.2 Å². The highest BCUT2D eigenvalue weighted by Crippen LogP contribution is 2.30. The Morgan fingerprint density at radius 1 is 0.939 bits per heavy atom. The molecule has 0 fully saturated rings. The van der Waals surface area contributed by atoms with E-state index in [4.69, 9.17) is 0 Å². The number of alkyl halides is 3. The number of hydrogen-bond donors (Lipinski definition) is 3. The molecule has 3 N–H and O–H groups in total. The molecule has 2 heterocycles. The normalized spacial score (nSPS) is 11.2. The molecule has 2 aromatic carbocycles. The van der Waals surface area contributed by atoms with Crippen LogP contribution in [0.25, 0.3) is 5.82 Å². The van der Waals surface area contributed by atoms with Gasteiger partial charge in [0.05, 0.1) is 5.56 Å². The van der Waals surface area contributed by atoms with Crippen molar-refractivity contribution in [3.8, 4) is 5.82 Å². The van der Waals surface area contributed by atoms with Crippen LogP contribution in [0.5, 0.6) is 0 Å². The third-order valence-electron chi connectivity index (χ3n) is 4.46. The van der Waals surface area contributed by atoms with E-state index in [1.807, 2.05) is 0 Å². The maximum atomic E-state index is 12.8. The zero-order chi connectivity index (χ0) is 23.4. The summed E-state index contributed by atoms with van der Waals surface area (Å²) in [6, 6.07) is 12.3. The molecule has 8 nitrogen and oxygen atoms in total. The first kappa shape index (κ1) is 21.8. The molecule has 0 aliphatic carbocycles. The molecule has 0 aliphatic rings. The monoisotopic (exact) mass is 453 g/mol. The van der Waals surface area contributed by atoms with Crippen molar-refractivity contribution in [1.29, 1.82) is 0 Å². The van der Waals surface area contributed by atoms with Crippen LogP contribution in [0.15, 0.2) is 73.3 Å². The van der Waals surface area contributed by atoms with E-state index in [-0.39, 0.29) is 5.69 Å². The van der Waals surface area contributed by atoms with Crippen molar-refractivity contribution in [3.05, 3.63) is 84.7 Å². The number of amides is 2. The third-order valence-corrected chi connectivity index (χ3v) is 4.46. The van der Waals surface area contributed by atoms with Gasteiger partial charge < -0.3 is 16.0 Å². The van der Waals surface area contributed by atoms with E-state index >= 15 is 0 Å². The van der Waals surface area contributed by atoms with Gasteiger partial charge in [0, 0.05) is 35.5 Å². The van der Waals surface area contributed by atoms with Crippen LogP contribution in [0, 0.1) is 6.92 Å². The number of urea groups is 1. The van der Waals surface area contributed by atoms with Gasteiger partial charge in [0.25, 0.3) is 0 Å². The summed E-state index contributed by atoms with van der Waals surface area (Å²) in [6.07, 6.45) is 0.574. The van der Waals surface area contributed by atoms with Crippen molar-refractivity contribution in [2.75, 3.05) is 16.0 Å². The number of nitrogens with zero attached hydrogens (tertiary/aromatic N) is 4. The largest absolute Gasteiger partial charge is 0.416 e. The smallest absolute Gasteiger partial charge is 0.340 e. The number of rotatable bonds is 5. The Morgan fingerprint density at radius 3 is 2.36 bits per heavy atom. The third kappa shape index (κ3) is 5.64. The molecule has 11 heteroatoms. The maximum absolute atomic E-state index is 12.8. The van der Waals surface area contributed by atoms with Crippen molar-refractivity contribution < 1.29 is 18.0 Å². The summed E-state index contributed by atoms with van der Waals surface area (Å²) in [5, 5.41) is 8.14. The van der Waals surface area contributed by atoms with Crippen LogP contribution in [-0.4, -0.2) is 25.6 Å². The Bertz CT molecular complexity index is 1260. The SMILES string of the molecule is Cc1nc(Nc2ccc(NC(=O)Nc3cccc(C(F)(F)F)c3)cc2)cc(-n2ccnc2)n1. The predicted octanol–water partition coefficient (Wildman–Crippen LogP) is 5.38.